The Labute approximate surface area is 182 Å². The number of alkyl halides is 3. The molecule has 0 radical (unpaired) electrons. The van der Waals surface area contributed by atoms with Crippen LogP contribution in [0.2, 0.25) is 0 Å². The Kier molecular flexibility index (Phi) is 6.96. The summed E-state index contributed by atoms with van der Waals surface area (Å²) in [6.45, 7) is 4.00. The number of rotatable bonds is 8. The summed E-state index contributed by atoms with van der Waals surface area (Å²) >= 11 is 0. The number of carbonyl (C=O) groups excluding carboxylic acids is 1. The summed E-state index contributed by atoms with van der Waals surface area (Å²) in [6.07, 6.45) is -0.752. The van der Waals surface area contributed by atoms with Crippen molar-refractivity contribution in [2.24, 2.45) is 0 Å². The van der Waals surface area contributed by atoms with Crippen molar-refractivity contribution in [3.8, 4) is 17.3 Å². The minimum Gasteiger partial charge on any atom is -0.497 e. The Morgan fingerprint density at radius 1 is 1.19 bits per heavy atom. The summed E-state index contributed by atoms with van der Waals surface area (Å²) in [4.78, 5) is 20.0. The maximum absolute atomic E-state index is 13.4. The van der Waals surface area contributed by atoms with E-state index in [1.807, 2.05) is 6.92 Å². The first kappa shape index (κ1) is 23.0. The summed E-state index contributed by atoms with van der Waals surface area (Å²) in [5.41, 5.74) is -0.0419. The zero-order chi connectivity index (χ0) is 23.3. The van der Waals surface area contributed by atoms with Crippen molar-refractivity contribution in [1.82, 2.24) is 24.9 Å². The number of benzene rings is 1. The Bertz CT molecular complexity index is 1040. The van der Waals surface area contributed by atoms with Gasteiger partial charge in [-0.3, -0.25) is 4.79 Å². The molecule has 1 aromatic carbocycles. The summed E-state index contributed by atoms with van der Waals surface area (Å²) in [5.74, 6) is 0.240. The number of pyridine rings is 1. The standard InChI is InChI=1S/C21H22F3N5O3/c1-4-28(14(2)13-32-19-8-5-15(12-25-19)21(22,23)24)20(30)17-11-16(31-3)6-7-18(17)29-26-9-10-27-29/h5-12,14H,4,13H2,1-3H3/t14-/m0/s1. The smallest absolute Gasteiger partial charge is 0.417 e. The summed E-state index contributed by atoms with van der Waals surface area (Å²) in [7, 11) is 1.50. The van der Waals surface area contributed by atoms with Gasteiger partial charge in [0.2, 0.25) is 5.88 Å². The zero-order valence-electron chi connectivity index (χ0n) is 17.7. The second-order valence-electron chi connectivity index (χ2n) is 6.84. The molecule has 1 atom stereocenters. The van der Waals surface area contributed by atoms with E-state index in [-0.39, 0.29) is 18.4 Å². The number of nitrogens with zero attached hydrogens (tertiary/aromatic N) is 5. The van der Waals surface area contributed by atoms with E-state index < -0.39 is 17.8 Å². The fourth-order valence-electron chi connectivity index (χ4n) is 3.07. The van der Waals surface area contributed by atoms with Crippen LogP contribution in [0.15, 0.2) is 48.9 Å². The van der Waals surface area contributed by atoms with Crippen LogP contribution in [0.25, 0.3) is 5.69 Å². The van der Waals surface area contributed by atoms with Crippen LogP contribution < -0.4 is 9.47 Å². The zero-order valence-corrected chi connectivity index (χ0v) is 17.7. The minimum absolute atomic E-state index is 0.0381. The molecule has 0 aliphatic carbocycles. The van der Waals surface area contributed by atoms with Gasteiger partial charge in [0.1, 0.15) is 12.4 Å². The lowest BCUT2D eigenvalue weighted by Crippen LogP contribution is -2.42. The molecule has 2 aromatic heterocycles. The lowest BCUT2D eigenvalue weighted by atomic mass is 10.1. The Balaban J connectivity index is 1.77. The molecular weight excluding hydrogens is 427 g/mol. The van der Waals surface area contributed by atoms with Gasteiger partial charge >= 0.3 is 6.18 Å². The average Bonchev–Trinajstić information content (AvgIpc) is 3.32. The SMILES string of the molecule is CCN(C(=O)c1cc(OC)ccc1-n1nccn1)[C@@H](C)COc1ccc(C(F)(F)F)cn1. The molecule has 0 unspecified atom stereocenters. The van der Waals surface area contributed by atoms with Gasteiger partial charge in [0.25, 0.3) is 5.91 Å². The average molecular weight is 449 g/mol. The highest BCUT2D eigenvalue weighted by molar-refractivity contribution is 5.98. The molecule has 11 heteroatoms. The molecular formula is C21H22F3N5O3. The van der Waals surface area contributed by atoms with E-state index >= 15 is 0 Å². The summed E-state index contributed by atoms with van der Waals surface area (Å²) in [6, 6.07) is 6.64. The Morgan fingerprint density at radius 3 is 2.47 bits per heavy atom. The first-order valence-corrected chi connectivity index (χ1v) is 9.76. The molecule has 8 nitrogen and oxygen atoms in total. The van der Waals surface area contributed by atoms with E-state index in [1.54, 1.807) is 30.0 Å². The van der Waals surface area contributed by atoms with Gasteiger partial charge in [0, 0.05) is 18.8 Å². The van der Waals surface area contributed by atoms with Gasteiger partial charge in [0.15, 0.2) is 0 Å². The van der Waals surface area contributed by atoms with Crippen LogP contribution in [0.5, 0.6) is 11.6 Å². The molecule has 0 bridgehead atoms. The molecule has 32 heavy (non-hydrogen) atoms. The van der Waals surface area contributed by atoms with Crippen molar-refractivity contribution in [1.29, 1.82) is 0 Å². The van der Waals surface area contributed by atoms with Gasteiger partial charge in [-0.25, -0.2) is 4.98 Å². The van der Waals surface area contributed by atoms with Crippen molar-refractivity contribution in [2.45, 2.75) is 26.1 Å². The first-order chi connectivity index (χ1) is 15.2. The fraction of sp³-hybridized carbons (Fsp3) is 0.333. The van der Waals surface area contributed by atoms with Gasteiger partial charge in [0.05, 0.1) is 42.4 Å². The molecule has 0 spiro atoms. The van der Waals surface area contributed by atoms with Crippen molar-refractivity contribution >= 4 is 5.91 Å². The van der Waals surface area contributed by atoms with Crippen LogP contribution >= 0.6 is 0 Å². The van der Waals surface area contributed by atoms with Crippen LogP contribution in [0.4, 0.5) is 13.2 Å². The first-order valence-electron chi connectivity index (χ1n) is 9.76. The molecule has 0 saturated heterocycles. The summed E-state index contributed by atoms with van der Waals surface area (Å²) < 4.78 is 48.8. The van der Waals surface area contributed by atoms with E-state index in [2.05, 4.69) is 15.2 Å². The van der Waals surface area contributed by atoms with E-state index in [0.717, 1.165) is 12.1 Å². The molecule has 0 N–H and O–H groups in total. The molecule has 2 heterocycles. The number of amides is 1. The topological polar surface area (TPSA) is 82.4 Å². The molecule has 3 rings (SSSR count). The normalized spacial score (nSPS) is 12.3. The highest BCUT2D eigenvalue weighted by Gasteiger charge is 2.31. The lowest BCUT2D eigenvalue weighted by Gasteiger charge is -2.28. The van der Waals surface area contributed by atoms with Crippen molar-refractivity contribution < 1.29 is 27.4 Å². The fourth-order valence-corrected chi connectivity index (χ4v) is 3.07. The number of hydrogen-bond donors (Lipinski definition) is 0. The summed E-state index contributed by atoms with van der Waals surface area (Å²) in [5, 5.41) is 8.19. The third kappa shape index (κ3) is 5.16. The Morgan fingerprint density at radius 2 is 1.91 bits per heavy atom. The maximum atomic E-state index is 13.4. The molecule has 0 aliphatic rings. The van der Waals surface area contributed by atoms with E-state index in [0.29, 0.717) is 29.7 Å². The predicted molar refractivity (Wildman–Crippen MR) is 109 cm³/mol. The van der Waals surface area contributed by atoms with Gasteiger partial charge in [-0.15, -0.1) is 0 Å². The largest absolute Gasteiger partial charge is 0.497 e. The molecule has 170 valence electrons. The number of likely N-dealkylation sites (N-methyl/N-ethyl adjacent to an activating group) is 1. The number of methoxy groups -OCH3 is 1. The second kappa shape index (κ2) is 9.67. The third-order valence-electron chi connectivity index (χ3n) is 4.74. The van der Waals surface area contributed by atoms with Crippen LogP contribution in [-0.2, 0) is 6.18 Å². The van der Waals surface area contributed by atoms with Gasteiger partial charge < -0.3 is 14.4 Å². The number of ether oxygens (including phenoxy) is 2. The predicted octanol–water partition coefficient (Wildman–Crippen LogP) is 3.62. The van der Waals surface area contributed by atoms with Crippen LogP contribution in [-0.4, -0.2) is 57.1 Å². The van der Waals surface area contributed by atoms with Gasteiger partial charge in [-0.05, 0) is 38.1 Å². The molecule has 0 fully saturated rings. The lowest BCUT2D eigenvalue weighted by molar-refractivity contribution is -0.137. The van der Waals surface area contributed by atoms with Crippen molar-refractivity contribution in [2.75, 3.05) is 20.3 Å². The van der Waals surface area contributed by atoms with Crippen molar-refractivity contribution in [3.63, 3.8) is 0 Å². The monoisotopic (exact) mass is 449 g/mol. The van der Waals surface area contributed by atoms with Crippen molar-refractivity contribution in [3.05, 3.63) is 60.0 Å². The van der Waals surface area contributed by atoms with E-state index in [9.17, 15) is 18.0 Å². The number of halogens is 3. The van der Waals surface area contributed by atoms with Crippen LogP contribution in [0, 0.1) is 0 Å². The van der Waals surface area contributed by atoms with Crippen LogP contribution in [0.3, 0.4) is 0 Å². The quantitative estimate of drug-likeness (QED) is 0.523. The number of aromatic nitrogens is 4. The van der Waals surface area contributed by atoms with Crippen LogP contribution in [0.1, 0.15) is 29.8 Å². The minimum atomic E-state index is -4.47. The van der Waals surface area contributed by atoms with E-state index in [4.69, 9.17) is 9.47 Å². The van der Waals surface area contributed by atoms with Gasteiger partial charge in [-0.1, -0.05) is 0 Å². The molecule has 3 aromatic rings. The highest BCUT2D eigenvalue weighted by atomic mass is 19.4. The van der Waals surface area contributed by atoms with E-state index in [1.165, 1.54) is 24.3 Å². The highest BCUT2D eigenvalue weighted by Crippen LogP contribution is 2.29. The van der Waals surface area contributed by atoms with Gasteiger partial charge in [-0.2, -0.15) is 28.2 Å². The third-order valence-corrected chi connectivity index (χ3v) is 4.74. The second-order valence-corrected chi connectivity index (χ2v) is 6.84. The molecule has 1 amide bonds. The number of carbonyl (C=O) groups is 1. The maximum Gasteiger partial charge on any atom is 0.417 e. The number of hydrogen-bond acceptors (Lipinski definition) is 6. The molecule has 0 saturated carbocycles. The molecule has 0 aliphatic heterocycles. The Hall–Kier alpha value is -3.63.